The van der Waals surface area contributed by atoms with Gasteiger partial charge in [0.15, 0.2) is 0 Å². The molecular formula is C15H24N2S2. The van der Waals surface area contributed by atoms with E-state index >= 15 is 0 Å². The fourth-order valence-electron chi connectivity index (χ4n) is 2.58. The third kappa shape index (κ3) is 3.91. The lowest BCUT2D eigenvalue weighted by Crippen LogP contribution is -2.40. The van der Waals surface area contributed by atoms with E-state index in [2.05, 4.69) is 55.3 Å². The van der Waals surface area contributed by atoms with Crippen molar-refractivity contribution in [1.29, 1.82) is 0 Å². The fraction of sp³-hybridized carbons (Fsp3) is 0.600. The first-order valence-electron chi connectivity index (χ1n) is 7.04. The zero-order valence-corrected chi connectivity index (χ0v) is 13.4. The largest absolute Gasteiger partial charge is 0.271 e. The summed E-state index contributed by atoms with van der Waals surface area (Å²) in [5, 5.41) is 1.20. The normalized spacial score (nSPS) is 25.2. The second kappa shape index (κ2) is 7.58. The average molecular weight is 297 g/mol. The molecule has 1 aromatic carbocycles. The predicted octanol–water partition coefficient (Wildman–Crippen LogP) is 3.38. The molecule has 1 aromatic rings. The quantitative estimate of drug-likeness (QED) is 0.645. The van der Waals surface area contributed by atoms with Crippen molar-refractivity contribution in [1.82, 2.24) is 5.43 Å². The molecule has 0 aromatic heterocycles. The summed E-state index contributed by atoms with van der Waals surface area (Å²) in [6.45, 7) is 4.53. The summed E-state index contributed by atoms with van der Waals surface area (Å²) < 4.78 is 0. The van der Waals surface area contributed by atoms with E-state index in [1.54, 1.807) is 0 Å². The minimum atomic E-state index is 0.253. The maximum absolute atomic E-state index is 5.82. The lowest BCUT2D eigenvalue weighted by Gasteiger charge is -2.34. The molecule has 0 aliphatic carbocycles. The smallest absolute Gasteiger partial charge is 0.0589 e. The van der Waals surface area contributed by atoms with Crippen LogP contribution in [0.4, 0.5) is 0 Å². The molecule has 1 heterocycles. The number of hydrogen-bond donors (Lipinski definition) is 2. The van der Waals surface area contributed by atoms with Crippen LogP contribution in [0.15, 0.2) is 24.3 Å². The molecule has 0 bridgehead atoms. The van der Waals surface area contributed by atoms with E-state index in [4.69, 9.17) is 5.84 Å². The lowest BCUT2D eigenvalue weighted by molar-refractivity contribution is 0.527. The maximum atomic E-state index is 5.82. The molecular weight excluding hydrogens is 272 g/mol. The van der Waals surface area contributed by atoms with Crippen LogP contribution in [0.1, 0.15) is 37.4 Å². The molecule has 4 heteroatoms. The maximum Gasteiger partial charge on any atom is 0.0589 e. The molecule has 0 spiro atoms. The summed E-state index contributed by atoms with van der Waals surface area (Å²) in [6.07, 6.45) is 2.36. The standard InChI is InChI=1S/C15H24N2S2/c1-3-4-12-5-7-13(8-6-12)14(17-16)15-11(2)18-9-10-19-15/h5-8,11,14-15,17H,3-4,9-10,16H2,1-2H3. The molecule has 1 aliphatic rings. The Bertz CT molecular complexity index is 380. The molecule has 19 heavy (non-hydrogen) atoms. The Kier molecular flexibility index (Phi) is 6.07. The average Bonchev–Trinajstić information content (AvgIpc) is 2.44. The lowest BCUT2D eigenvalue weighted by atomic mass is 9.99. The summed E-state index contributed by atoms with van der Waals surface area (Å²) in [5.41, 5.74) is 5.77. The molecule has 1 fully saturated rings. The van der Waals surface area contributed by atoms with Gasteiger partial charge in [-0.05, 0) is 17.5 Å². The van der Waals surface area contributed by atoms with Crippen LogP contribution in [0, 0.1) is 0 Å². The Balaban J connectivity index is 2.11. The predicted molar refractivity (Wildman–Crippen MR) is 88.7 cm³/mol. The second-order valence-electron chi connectivity index (χ2n) is 5.05. The van der Waals surface area contributed by atoms with Crippen molar-refractivity contribution < 1.29 is 0 Å². The molecule has 3 N–H and O–H groups in total. The highest BCUT2D eigenvalue weighted by Crippen LogP contribution is 2.38. The van der Waals surface area contributed by atoms with E-state index in [9.17, 15) is 0 Å². The molecule has 2 rings (SSSR count). The van der Waals surface area contributed by atoms with E-state index in [0.717, 1.165) is 6.42 Å². The van der Waals surface area contributed by atoms with Gasteiger partial charge >= 0.3 is 0 Å². The monoisotopic (exact) mass is 296 g/mol. The van der Waals surface area contributed by atoms with Crippen LogP contribution < -0.4 is 11.3 Å². The minimum absolute atomic E-state index is 0.253. The zero-order valence-electron chi connectivity index (χ0n) is 11.8. The Morgan fingerprint density at radius 1 is 1.26 bits per heavy atom. The van der Waals surface area contributed by atoms with E-state index in [1.807, 2.05) is 11.8 Å². The Labute approximate surface area is 125 Å². The number of aryl methyl sites for hydroxylation is 1. The molecule has 0 radical (unpaired) electrons. The van der Waals surface area contributed by atoms with Crippen molar-refractivity contribution in [2.75, 3.05) is 11.5 Å². The topological polar surface area (TPSA) is 38.0 Å². The highest BCUT2D eigenvalue weighted by molar-refractivity contribution is 8.07. The molecule has 3 atom stereocenters. The van der Waals surface area contributed by atoms with Gasteiger partial charge in [0, 0.05) is 22.0 Å². The summed E-state index contributed by atoms with van der Waals surface area (Å²) in [6, 6.07) is 9.22. The Morgan fingerprint density at radius 3 is 2.53 bits per heavy atom. The Morgan fingerprint density at radius 2 is 1.95 bits per heavy atom. The molecule has 1 aliphatic heterocycles. The highest BCUT2D eigenvalue weighted by Gasteiger charge is 2.30. The molecule has 3 unspecified atom stereocenters. The first-order chi connectivity index (χ1) is 9.26. The van der Waals surface area contributed by atoms with Gasteiger partial charge in [-0.15, -0.1) is 0 Å². The van der Waals surface area contributed by atoms with Crippen LogP contribution >= 0.6 is 23.5 Å². The number of hydrogen-bond acceptors (Lipinski definition) is 4. The second-order valence-corrected chi connectivity index (χ2v) is 7.82. The fourth-order valence-corrected chi connectivity index (χ4v) is 5.51. The van der Waals surface area contributed by atoms with Gasteiger partial charge in [-0.25, -0.2) is 0 Å². The summed E-state index contributed by atoms with van der Waals surface area (Å²) in [7, 11) is 0. The molecule has 106 valence electrons. The minimum Gasteiger partial charge on any atom is -0.271 e. The van der Waals surface area contributed by atoms with E-state index in [0.29, 0.717) is 10.5 Å². The van der Waals surface area contributed by atoms with Crippen LogP contribution in [0.25, 0.3) is 0 Å². The highest BCUT2D eigenvalue weighted by atomic mass is 32.2. The van der Waals surface area contributed by atoms with Gasteiger partial charge in [0.25, 0.3) is 0 Å². The van der Waals surface area contributed by atoms with Crippen LogP contribution in [0.2, 0.25) is 0 Å². The van der Waals surface area contributed by atoms with Crippen molar-refractivity contribution in [2.45, 2.75) is 43.2 Å². The van der Waals surface area contributed by atoms with Gasteiger partial charge in [0.05, 0.1) is 6.04 Å². The number of benzene rings is 1. The van der Waals surface area contributed by atoms with Crippen molar-refractivity contribution in [3.05, 3.63) is 35.4 Å². The molecule has 0 saturated carbocycles. The number of nitrogens with two attached hydrogens (primary N) is 1. The van der Waals surface area contributed by atoms with Gasteiger partial charge in [-0.2, -0.15) is 23.5 Å². The van der Waals surface area contributed by atoms with Gasteiger partial charge in [-0.3, -0.25) is 11.3 Å². The third-order valence-electron chi connectivity index (χ3n) is 3.62. The number of thioether (sulfide) groups is 2. The van der Waals surface area contributed by atoms with Crippen LogP contribution in [0.5, 0.6) is 0 Å². The van der Waals surface area contributed by atoms with Gasteiger partial charge in [-0.1, -0.05) is 44.5 Å². The Hall–Kier alpha value is -0.160. The van der Waals surface area contributed by atoms with Gasteiger partial charge in [0.1, 0.15) is 0 Å². The summed E-state index contributed by atoms with van der Waals surface area (Å²) >= 11 is 4.11. The van der Waals surface area contributed by atoms with Gasteiger partial charge < -0.3 is 0 Å². The summed E-state index contributed by atoms with van der Waals surface area (Å²) in [4.78, 5) is 0. The molecule has 1 saturated heterocycles. The van der Waals surface area contributed by atoms with E-state index < -0.39 is 0 Å². The summed E-state index contributed by atoms with van der Waals surface area (Å²) in [5.74, 6) is 8.31. The SMILES string of the molecule is CCCc1ccc(C(NN)C2SCCSC2C)cc1. The van der Waals surface area contributed by atoms with Gasteiger partial charge in [0.2, 0.25) is 0 Å². The zero-order chi connectivity index (χ0) is 13.7. The van der Waals surface area contributed by atoms with Crippen molar-refractivity contribution in [3.8, 4) is 0 Å². The van der Waals surface area contributed by atoms with Crippen LogP contribution in [-0.2, 0) is 6.42 Å². The molecule has 0 amide bonds. The van der Waals surface area contributed by atoms with E-state index in [1.165, 1.54) is 29.1 Å². The molecule has 2 nitrogen and oxygen atoms in total. The van der Waals surface area contributed by atoms with Crippen molar-refractivity contribution >= 4 is 23.5 Å². The first-order valence-corrected chi connectivity index (χ1v) is 9.14. The van der Waals surface area contributed by atoms with Crippen molar-refractivity contribution in [3.63, 3.8) is 0 Å². The van der Waals surface area contributed by atoms with E-state index in [-0.39, 0.29) is 6.04 Å². The number of hydrazine groups is 1. The van der Waals surface area contributed by atoms with Crippen molar-refractivity contribution in [2.24, 2.45) is 5.84 Å². The number of nitrogens with one attached hydrogen (secondary N) is 1. The first kappa shape index (κ1) is 15.2. The number of rotatable bonds is 5. The van der Waals surface area contributed by atoms with Crippen LogP contribution in [0.3, 0.4) is 0 Å². The van der Waals surface area contributed by atoms with Crippen LogP contribution in [-0.4, -0.2) is 22.0 Å². The third-order valence-corrected chi connectivity index (χ3v) is 6.82.